The van der Waals surface area contributed by atoms with Crippen molar-refractivity contribution < 1.29 is 37.3 Å². The fraction of sp³-hybridized carbons (Fsp3) is 0.536. The number of rotatable bonds is 13. The number of ketones is 1. The maximum absolute atomic E-state index is 14.0. The van der Waals surface area contributed by atoms with E-state index in [4.69, 9.17) is 9.26 Å². The van der Waals surface area contributed by atoms with Crippen molar-refractivity contribution in [2.75, 3.05) is 46.7 Å². The molecule has 0 saturated carbocycles. The van der Waals surface area contributed by atoms with Crippen molar-refractivity contribution in [1.82, 2.24) is 14.8 Å². The van der Waals surface area contributed by atoms with Crippen LogP contribution in [0.3, 0.4) is 0 Å². The summed E-state index contributed by atoms with van der Waals surface area (Å²) in [5.41, 5.74) is -2.69. The molecular weight excluding hydrogens is 559 g/mol. The Bertz CT molecular complexity index is 1400. The van der Waals surface area contributed by atoms with E-state index in [1.54, 1.807) is 20.5 Å². The van der Waals surface area contributed by atoms with Crippen LogP contribution < -0.4 is 10.7 Å². The molecule has 0 saturated heterocycles. The lowest BCUT2D eigenvalue weighted by molar-refractivity contribution is 0.0281. The fourth-order valence-electron chi connectivity index (χ4n) is 5.26. The van der Waals surface area contributed by atoms with Gasteiger partial charge in [0.1, 0.15) is 22.9 Å². The number of methoxy groups -OCH3 is 1. The zero-order chi connectivity index (χ0) is 30.5. The second-order valence-electron chi connectivity index (χ2n) is 10.6. The van der Waals surface area contributed by atoms with E-state index < -0.39 is 58.9 Å². The van der Waals surface area contributed by atoms with Crippen LogP contribution >= 0.6 is 7.37 Å². The van der Waals surface area contributed by atoms with Gasteiger partial charge in [-0.15, -0.1) is 0 Å². The van der Waals surface area contributed by atoms with Crippen LogP contribution in [0.4, 0.5) is 8.78 Å². The number of halogens is 2. The van der Waals surface area contributed by atoms with Crippen molar-refractivity contribution in [2.24, 2.45) is 5.41 Å². The van der Waals surface area contributed by atoms with E-state index in [-0.39, 0.29) is 31.0 Å². The molecule has 3 atom stereocenters. The minimum absolute atomic E-state index is 0.00812. The van der Waals surface area contributed by atoms with Crippen molar-refractivity contribution in [3.8, 4) is 5.75 Å². The first kappa shape index (κ1) is 32.6. The number of carbonyl (C=O) groups is 2. The van der Waals surface area contributed by atoms with Gasteiger partial charge in [0.15, 0.2) is 18.9 Å². The van der Waals surface area contributed by atoms with Crippen molar-refractivity contribution >= 4 is 19.1 Å². The van der Waals surface area contributed by atoms with Crippen LogP contribution in [-0.2, 0) is 26.9 Å². The molecule has 2 heterocycles. The van der Waals surface area contributed by atoms with Crippen molar-refractivity contribution in [1.29, 1.82) is 0 Å². The Morgan fingerprint density at radius 2 is 2.02 bits per heavy atom. The summed E-state index contributed by atoms with van der Waals surface area (Å²) in [5, 5.41) is 13.3. The Hall–Kier alpha value is -2.92. The number of likely N-dealkylation sites (N-methyl/N-ethyl adjacent to an activating group) is 1. The number of Topliss-reactive ketones (excluding diaryl/α,β-unsaturated/α-hetero) is 1. The van der Waals surface area contributed by atoms with Crippen LogP contribution in [0.1, 0.15) is 53.1 Å². The monoisotopic (exact) mass is 597 g/mol. The molecule has 1 aliphatic heterocycles. The molecule has 2 aromatic rings. The van der Waals surface area contributed by atoms with Gasteiger partial charge in [-0.1, -0.05) is 13.0 Å². The Balaban J connectivity index is 1.91. The summed E-state index contributed by atoms with van der Waals surface area (Å²) in [6, 6.07) is 2.48. The molecule has 0 fully saturated rings. The number of benzene rings is 1. The standard InChI is InChI=1S/C28H38F2N3O7P/c1-6-40-41(5,38)13-7-11-32(3)22-17-33-16-20(27(37)31-15-18-8-9-19(29)14-21(18)30)24(34)25(35)23(33)26(36)28(22,2)10-12-39-4/h8-9,14,16,22,35H,6-7,10-13,15,17H2,1-5H3,(H,31,37). The molecule has 1 aliphatic rings. The number of aromatic hydroxyl groups is 1. The van der Waals surface area contributed by atoms with E-state index in [1.165, 1.54) is 23.9 Å². The molecule has 1 aromatic heterocycles. The molecule has 1 aromatic carbocycles. The molecule has 0 aliphatic carbocycles. The van der Waals surface area contributed by atoms with Crippen molar-refractivity contribution in [3.05, 3.63) is 63.1 Å². The summed E-state index contributed by atoms with van der Waals surface area (Å²) in [6.07, 6.45) is 2.44. The zero-order valence-electron chi connectivity index (χ0n) is 24.0. The van der Waals surface area contributed by atoms with Crippen LogP contribution in [0.5, 0.6) is 5.75 Å². The number of carbonyl (C=O) groups excluding carboxylic acids is 2. The number of hydrogen-bond acceptors (Lipinski definition) is 8. The van der Waals surface area contributed by atoms with Gasteiger partial charge in [0, 0.05) is 63.5 Å². The van der Waals surface area contributed by atoms with Crippen molar-refractivity contribution in [2.45, 2.75) is 45.8 Å². The first-order valence-corrected chi connectivity index (χ1v) is 15.6. The van der Waals surface area contributed by atoms with Gasteiger partial charge in [0.05, 0.1) is 12.0 Å². The van der Waals surface area contributed by atoms with Gasteiger partial charge in [-0.3, -0.25) is 18.9 Å². The first-order valence-electron chi connectivity index (χ1n) is 13.4. The maximum atomic E-state index is 14.0. The molecule has 2 N–H and O–H groups in total. The molecule has 0 bridgehead atoms. The normalized spacial score (nSPS) is 20.1. The molecule has 1 amide bonds. The van der Waals surface area contributed by atoms with Gasteiger partial charge in [-0.05, 0) is 39.4 Å². The summed E-state index contributed by atoms with van der Waals surface area (Å²) in [4.78, 5) is 41.8. The summed E-state index contributed by atoms with van der Waals surface area (Å²) in [6.45, 7) is 6.06. The number of pyridine rings is 1. The molecule has 13 heteroatoms. The number of ether oxygens (including phenoxy) is 1. The van der Waals surface area contributed by atoms with E-state index in [9.17, 15) is 32.8 Å². The van der Waals surface area contributed by atoms with Gasteiger partial charge in [-0.25, -0.2) is 8.78 Å². The Kier molecular flexibility index (Phi) is 10.6. The molecular formula is C28H38F2N3O7P. The predicted molar refractivity (Wildman–Crippen MR) is 150 cm³/mol. The molecule has 226 valence electrons. The topological polar surface area (TPSA) is 127 Å². The van der Waals surface area contributed by atoms with Crippen LogP contribution in [0.25, 0.3) is 0 Å². The lowest BCUT2D eigenvalue weighted by Gasteiger charge is -2.46. The number of amides is 1. The van der Waals surface area contributed by atoms with Crippen LogP contribution in [-0.4, -0.2) is 79.0 Å². The maximum Gasteiger partial charge on any atom is 0.257 e. The highest BCUT2D eigenvalue weighted by atomic mass is 31.2. The minimum atomic E-state index is -2.74. The third-order valence-corrected chi connectivity index (χ3v) is 9.56. The Labute approximate surface area is 238 Å². The van der Waals surface area contributed by atoms with E-state index >= 15 is 0 Å². The minimum Gasteiger partial charge on any atom is -0.503 e. The van der Waals surface area contributed by atoms with Crippen molar-refractivity contribution in [3.63, 3.8) is 0 Å². The van der Waals surface area contributed by atoms with Crippen LogP contribution in [0, 0.1) is 17.0 Å². The number of aromatic nitrogens is 1. The number of nitrogens with one attached hydrogen (secondary N) is 1. The van der Waals surface area contributed by atoms with E-state index in [1.807, 2.05) is 11.9 Å². The second kappa shape index (κ2) is 13.4. The van der Waals surface area contributed by atoms with Crippen LogP contribution in [0.2, 0.25) is 0 Å². The van der Waals surface area contributed by atoms with Gasteiger partial charge < -0.3 is 29.2 Å². The summed E-state index contributed by atoms with van der Waals surface area (Å²) >= 11 is 0. The lowest BCUT2D eigenvalue weighted by atomic mass is 9.71. The smallest absolute Gasteiger partial charge is 0.257 e. The lowest BCUT2D eigenvalue weighted by Crippen LogP contribution is -2.56. The van der Waals surface area contributed by atoms with E-state index in [0.29, 0.717) is 38.2 Å². The molecule has 3 rings (SSSR count). The highest BCUT2D eigenvalue weighted by molar-refractivity contribution is 7.58. The largest absolute Gasteiger partial charge is 0.503 e. The quantitative estimate of drug-likeness (QED) is 0.335. The third-order valence-electron chi connectivity index (χ3n) is 7.63. The Morgan fingerprint density at radius 3 is 2.66 bits per heavy atom. The Morgan fingerprint density at radius 1 is 1.32 bits per heavy atom. The highest BCUT2D eigenvalue weighted by Gasteiger charge is 2.49. The van der Waals surface area contributed by atoms with Gasteiger partial charge in [-0.2, -0.15) is 0 Å². The fourth-order valence-corrected chi connectivity index (χ4v) is 6.65. The molecule has 41 heavy (non-hydrogen) atoms. The number of nitrogens with zero attached hydrogens (tertiary/aromatic N) is 2. The van der Waals surface area contributed by atoms with Crippen LogP contribution in [0.15, 0.2) is 29.2 Å². The average Bonchev–Trinajstić information content (AvgIpc) is 2.90. The number of fused-ring (bicyclic) bond motifs is 1. The summed E-state index contributed by atoms with van der Waals surface area (Å²) in [5.74, 6) is -3.82. The molecule has 0 spiro atoms. The SMILES string of the molecule is CCOP(C)(=O)CCCN(C)C1Cn2cc(C(=O)NCc3ccc(F)cc3F)c(=O)c(O)c2C(=O)C1(C)CCOC. The predicted octanol–water partition coefficient (Wildman–Crippen LogP) is 3.64. The van der Waals surface area contributed by atoms with Gasteiger partial charge >= 0.3 is 0 Å². The number of hydrogen-bond donors (Lipinski definition) is 2. The molecule has 3 unspecified atom stereocenters. The second-order valence-corrected chi connectivity index (χ2v) is 13.4. The van der Waals surface area contributed by atoms with Gasteiger partial charge in [0.25, 0.3) is 5.91 Å². The summed E-state index contributed by atoms with van der Waals surface area (Å²) < 4.78 is 51.8. The third kappa shape index (κ3) is 7.30. The van der Waals surface area contributed by atoms with E-state index in [0.717, 1.165) is 6.07 Å². The average molecular weight is 598 g/mol. The zero-order valence-corrected chi connectivity index (χ0v) is 24.9. The van der Waals surface area contributed by atoms with Gasteiger partial charge in [0.2, 0.25) is 5.43 Å². The molecule has 0 radical (unpaired) electrons. The highest BCUT2D eigenvalue weighted by Crippen LogP contribution is 2.43. The molecule has 10 nitrogen and oxygen atoms in total. The first-order chi connectivity index (χ1) is 19.3. The summed E-state index contributed by atoms with van der Waals surface area (Å²) in [7, 11) is 0.609. The van der Waals surface area contributed by atoms with E-state index in [2.05, 4.69) is 5.32 Å².